The molecule has 6 heteroatoms. The highest BCUT2D eigenvalue weighted by Gasteiger charge is 2.16. The second-order valence-electron chi connectivity index (χ2n) is 5.56. The summed E-state index contributed by atoms with van der Waals surface area (Å²) in [7, 11) is 0. The van der Waals surface area contributed by atoms with Gasteiger partial charge in [-0.15, -0.1) is 0 Å². The van der Waals surface area contributed by atoms with Gasteiger partial charge < -0.3 is 15.8 Å². The lowest BCUT2D eigenvalue weighted by Gasteiger charge is -2.16. The van der Waals surface area contributed by atoms with Crippen molar-refractivity contribution in [3.05, 3.63) is 58.1 Å². The van der Waals surface area contributed by atoms with Crippen molar-refractivity contribution < 1.29 is 14.3 Å². The Hall–Kier alpha value is -2.53. The number of benzene rings is 2. The van der Waals surface area contributed by atoms with E-state index in [1.165, 1.54) is 0 Å². The van der Waals surface area contributed by atoms with Crippen molar-refractivity contribution in [2.45, 2.75) is 26.9 Å². The van der Waals surface area contributed by atoms with Crippen LogP contribution in [0.5, 0.6) is 5.75 Å². The molecule has 2 aromatic carbocycles. The van der Waals surface area contributed by atoms with Crippen LogP contribution in [0, 0.1) is 13.8 Å². The molecule has 1 unspecified atom stereocenters. The zero-order chi connectivity index (χ0) is 17.9. The number of nitrogens with one attached hydrogen (secondary N) is 1. The summed E-state index contributed by atoms with van der Waals surface area (Å²) in [6.07, 6.45) is -0.694. The number of aryl methyl sites for hydroxylation is 2. The van der Waals surface area contributed by atoms with Crippen LogP contribution in [-0.2, 0) is 4.79 Å². The van der Waals surface area contributed by atoms with Gasteiger partial charge >= 0.3 is 0 Å². The minimum atomic E-state index is -0.694. The molecule has 0 aliphatic heterocycles. The predicted molar refractivity (Wildman–Crippen MR) is 94.6 cm³/mol. The molecule has 126 valence electrons. The summed E-state index contributed by atoms with van der Waals surface area (Å²) in [5.41, 5.74) is 7.90. The summed E-state index contributed by atoms with van der Waals surface area (Å²) < 4.78 is 5.68. The summed E-state index contributed by atoms with van der Waals surface area (Å²) in [5.74, 6) is -0.230. The molecular weight excluding hydrogens is 328 g/mol. The van der Waals surface area contributed by atoms with Crippen LogP contribution >= 0.6 is 11.6 Å². The fourth-order valence-corrected chi connectivity index (χ4v) is 2.30. The second-order valence-corrected chi connectivity index (χ2v) is 5.94. The number of ether oxygens (including phenoxy) is 1. The van der Waals surface area contributed by atoms with E-state index in [0.717, 1.165) is 11.1 Å². The number of primary amides is 1. The van der Waals surface area contributed by atoms with E-state index in [1.807, 2.05) is 13.8 Å². The smallest absolute Gasteiger partial charge is 0.265 e. The fourth-order valence-electron chi connectivity index (χ4n) is 2.19. The van der Waals surface area contributed by atoms with E-state index in [1.54, 1.807) is 43.3 Å². The molecule has 3 N–H and O–H groups in total. The number of rotatable bonds is 5. The third-order valence-corrected chi connectivity index (χ3v) is 4.13. The number of amides is 2. The molecule has 0 heterocycles. The maximum Gasteiger partial charge on any atom is 0.265 e. The fraction of sp³-hybridized carbons (Fsp3) is 0.222. The third kappa shape index (κ3) is 4.26. The maximum absolute atomic E-state index is 12.2. The number of anilines is 1. The number of carbonyl (C=O) groups is 2. The summed E-state index contributed by atoms with van der Waals surface area (Å²) in [5, 5.41) is 3.42. The van der Waals surface area contributed by atoms with Crippen LogP contribution in [0.1, 0.15) is 28.4 Å². The van der Waals surface area contributed by atoms with E-state index in [2.05, 4.69) is 5.32 Å². The molecule has 0 aromatic heterocycles. The molecule has 0 bridgehead atoms. The van der Waals surface area contributed by atoms with Crippen LogP contribution in [0.4, 0.5) is 5.69 Å². The van der Waals surface area contributed by atoms with Gasteiger partial charge in [-0.2, -0.15) is 0 Å². The Morgan fingerprint density at radius 3 is 2.17 bits per heavy atom. The topological polar surface area (TPSA) is 81.4 Å². The van der Waals surface area contributed by atoms with Gasteiger partial charge in [-0.25, -0.2) is 0 Å². The normalized spacial score (nSPS) is 11.7. The lowest BCUT2D eigenvalue weighted by Crippen LogP contribution is -2.30. The lowest BCUT2D eigenvalue weighted by molar-refractivity contribution is -0.122. The molecule has 24 heavy (non-hydrogen) atoms. The van der Waals surface area contributed by atoms with Crippen molar-refractivity contribution in [1.82, 2.24) is 0 Å². The Balaban J connectivity index is 2.03. The van der Waals surface area contributed by atoms with E-state index in [0.29, 0.717) is 22.0 Å². The average molecular weight is 347 g/mol. The standard InChI is InChI=1S/C18H19ClN2O3/c1-10-8-15(9-11(2)16(10)19)24-12(3)18(23)21-14-6-4-13(5-7-14)17(20)22/h4-9,12H,1-3H3,(H2,20,22)(H,21,23). The molecule has 1 atom stereocenters. The molecule has 2 amide bonds. The number of halogens is 1. The van der Waals surface area contributed by atoms with Crippen molar-refractivity contribution in [3.63, 3.8) is 0 Å². The summed E-state index contributed by atoms with van der Waals surface area (Å²) >= 11 is 6.12. The van der Waals surface area contributed by atoms with Crippen LogP contribution in [0.2, 0.25) is 5.02 Å². The Morgan fingerprint density at radius 2 is 1.67 bits per heavy atom. The van der Waals surface area contributed by atoms with E-state index in [9.17, 15) is 9.59 Å². The Morgan fingerprint density at radius 1 is 1.12 bits per heavy atom. The van der Waals surface area contributed by atoms with Gasteiger partial charge in [0.2, 0.25) is 5.91 Å². The van der Waals surface area contributed by atoms with Crippen LogP contribution in [0.15, 0.2) is 36.4 Å². The van der Waals surface area contributed by atoms with Crippen LogP contribution in [0.3, 0.4) is 0 Å². The molecule has 0 aliphatic carbocycles. The highest BCUT2D eigenvalue weighted by atomic mass is 35.5. The van der Waals surface area contributed by atoms with E-state index >= 15 is 0 Å². The number of nitrogens with two attached hydrogens (primary N) is 1. The van der Waals surface area contributed by atoms with Crippen molar-refractivity contribution >= 4 is 29.1 Å². The number of hydrogen-bond donors (Lipinski definition) is 2. The van der Waals surface area contributed by atoms with Gasteiger partial charge in [-0.1, -0.05) is 11.6 Å². The van der Waals surface area contributed by atoms with Crippen LogP contribution in [-0.4, -0.2) is 17.9 Å². The quantitative estimate of drug-likeness (QED) is 0.869. The molecule has 0 radical (unpaired) electrons. The Kier molecular flexibility index (Phi) is 5.46. The molecule has 0 aliphatic rings. The van der Waals surface area contributed by atoms with Gasteiger partial charge in [0.05, 0.1) is 0 Å². The zero-order valence-corrected chi connectivity index (χ0v) is 14.5. The average Bonchev–Trinajstić information content (AvgIpc) is 2.52. The minimum Gasteiger partial charge on any atom is -0.481 e. The summed E-state index contributed by atoms with van der Waals surface area (Å²) in [6, 6.07) is 9.91. The Labute approximate surface area is 145 Å². The van der Waals surface area contributed by atoms with E-state index in [4.69, 9.17) is 22.1 Å². The van der Waals surface area contributed by atoms with Crippen LogP contribution < -0.4 is 15.8 Å². The largest absolute Gasteiger partial charge is 0.481 e. The first-order valence-corrected chi connectivity index (χ1v) is 7.80. The number of carbonyl (C=O) groups excluding carboxylic acids is 2. The maximum atomic E-state index is 12.2. The molecule has 0 fully saturated rings. The molecule has 2 aromatic rings. The Bertz CT molecular complexity index is 749. The summed E-state index contributed by atoms with van der Waals surface area (Å²) in [6.45, 7) is 5.42. The number of hydrogen-bond acceptors (Lipinski definition) is 3. The van der Waals surface area contributed by atoms with Crippen LogP contribution in [0.25, 0.3) is 0 Å². The predicted octanol–water partition coefficient (Wildman–Crippen LogP) is 3.46. The van der Waals surface area contributed by atoms with Gasteiger partial charge in [0.15, 0.2) is 6.10 Å². The van der Waals surface area contributed by atoms with Crippen molar-refractivity contribution in [2.24, 2.45) is 5.73 Å². The molecule has 5 nitrogen and oxygen atoms in total. The first-order chi connectivity index (χ1) is 11.3. The molecular formula is C18H19ClN2O3. The van der Waals surface area contributed by atoms with Gasteiger partial charge in [0.1, 0.15) is 5.75 Å². The second kappa shape index (κ2) is 7.36. The first kappa shape index (κ1) is 17.8. The van der Waals surface area contributed by atoms with Gasteiger partial charge in [-0.3, -0.25) is 9.59 Å². The van der Waals surface area contributed by atoms with Crippen molar-refractivity contribution in [2.75, 3.05) is 5.32 Å². The van der Waals surface area contributed by atoms with Gasteiger partial charge in [0.25, 0.3) is 5.91 Å². The van der Waals surface area contributed by atoms with Gasteiger partial charge in [-0.05, 0) is 68.3 Å². The SMILES string of the molecule is Cc1cc(OC(C)C(=O)Nc2ccc(C(N)=O)cc2)cc(C)c1Cl. The van der Waals surface area contributed by atoms with E-state index < -0.39 is 12.0 Å². The molecule has 0 spiro atoms. The zero-order valence-electron chi connectivity index (χ0n) is 13.7. The third-order valence-electron chi connectivity index (χ3n) is 3.53. The lowest BCUT2D eigenvalue weighted by atomic mass is 10.1. The first-order valence-electron chi connectivity index (χ1n) is 7.42. The highest BCUT2D eigenvalue weighted by Crippen LogP contribution is 2.26. The summed E-state index contributed by atoms with van der Waals surface area (Å²) in [4.78, 5) is 23.2. The van der Waals surface area contributed by atoms with Gasteiger partial charge in [0, 0.05) is 16.3 Å². The molecule has 2 rings (SSSR count). The van der Waals surface area contributed by atoms with Crippen molar-refractivity contribution in [1.29, 1.82) is 0 Å². The highest BCUT2D eigenvalue weighted by molar-refractivity contribution is 6.32. The van der Waals surface area contributed by atoms with Crippen molar-refractivity contribution in [3.8, 4) is 5.75 Å². The van der Waals surface area contributed by atoms with E-state index in [-0.39, 0.29) is 5.91 Å². The minimum absolute atomic E-state index is 0.299. The monoisotopic (exact) mass is 346 g/mol. The molecule has 0 saturated carbocycles. The molecule has 0 saturated heterocycles.